The van der Waals surface area contributed by atoms with E-state index in [1.165, 1.54) is 18.5 Å². The van der Waals surface area contributed by atoms with Crippen LogP contribution < -0.4 is 10.1 Å². The molecule has 0 atom stereocenters. The fourth-order valence-electron chi connectivity index (χ4n) is 2.00. The van der Waals surface area contributed by atoms with Crippen molar-refractivity contribution in [2.24, 2.45) is 0 Å². The van der Waals surface area contributed by atoms with Crippen molar-refractivity contribution in [1.82, 2.24) is 20.1 Å². The second-order valence-electron chi connectivity index (χ2n) is 5.00. The molecule has 1 aromatic heterocycles. The number of nitrogens with zero attached hydrogens (tertiary/aromatic N) is 3. The van der Waals surface area contributed by atoms with Gasteiger partial charge in [-0.2, -0.15) is 4.98 Å². The number of ether oxygens (including phenoxy) is 1. The van der Waals surface area contributed by atoms with Crippen LogP contribution in [0.1, 0.15) is 5.56 Å². The van der Waals surface area contributed by atoms with Gasteiger partial charge in [-0.3, -0.25) is 4.79 Å². The van der Waals surface area contributed by atoms with Gasteiger partial charge in [-0.25, -0.2) is 9.07 Å². The molecule has 7 heteroatoms. The van der Waals surface area contributed by atoms with Gasteiger partial charge in [0, 0.05) is 6.54 Å². The van der Waals surface area contributed by atoms with Crippen LogP contribution in [0.25, 0.3) is 5.69 Å². The largest absolute Gasteiger partial charge is 0.452 e. The summed E-state index contributed by atoms with van der Waals surface area (Å²) in [5.74, 6) is -0.621. The number of halogens is 1. The number of hydrogen-bond donors (Lipinski definition) is 1. The third-order valence-electron chi connectivity index (χ3n) is 3.23. The Morgan fingerprint density at radius 2 is 1.88 bits per heavy atom. The monoisotopic (exact) mass is 326 g/mol. The van der Waals surface area contributed by atoms with Crippen molar-refractivity contribution in [1.29, 1.82) is 0 Å². The number of amides is 1. The molecule has 0 spiro atoms. The quantitative estimate of drug-likeness (QED) is 0.753. The first-order valence-corrected chi connectivity index (χ1v) is 7.32. The summed E-state index contributed by atoms with van der Waals surface area (Å²) in [7, 11) is 0. The molecule has 0 aliphatic heterocycles. The van der Waals surface area contributed by atoms with Crippen molar-refractivity contribution in [3.05, 3.63) is 72.3 Å². The van der Waals surface area contributed by atoms with Gasteiger partial charge < -0.3 is 10.1 Å². The molecule has 2 aromatic carbocycles. The molecule has 0 saturated carbocycles. The average molecular weight is 326 g/mol. The second kappa shape index (κ2) is 7.36. The summed E-state index contributed by atoms with van der Waals surface area (Å²) in [4.78, 5) is 15.8. The van der Waals surface area contributed by atoms with Crippen molar-refractivity contribution >= 4 is 5.91 Å². The SMILES string of the molecule is O=C(COc1ncn(-c2ccccc2)n1)NCc1ccc(F)cc1. The molecule has 1 heterocycles. The van der Waals surface area contributed by atoms with Crippen molar-refractivity contribution in [3.63, 3.8) is 0 Å². The maximum atomic E-state index is 12.8. The van der Waals surface area contributed by atoms with E-state index in [9.17, 15) is 9.18 Å². The van der Waals surface area contributed by atoms with Crippen LogP contribution >= 0.6 is 0 Å². The zero-order valence-corrected chi connectivity index (χ0v) is 12.7. The molecule has 3 aromatic rings. The van der Waals surface area contributed by atoms with Gasteiger partial charge in [0.2, 0.25) is 0 Å². The lowest BCUT2D eigenvalue weighted by molar-refractivity contribution is -0.123. The topological polar surface area (TPSA) is 69.0 Å². The number of aromatic nitrogens is 3. The molecule has 1 amide bonds. The molecule has 1 N–H and O–H groups in total. The maximum absolute atomic E-state index is 12.8. The lowest BCUT2D eigenvalue weighted by Crippen LogP contribution is -2.28. The molecular formula is C17H15FN4O2. The van der Waals surface area contributed by atoms with E-state index >= 15 is 0 Å². The smallest absolute Gasteiger partial charge is 0.336 e. The number of para-hydroxylation sites is 1. The first-order chi connectivity index (χ1) is 11.7. The molecule has 24 heavy (non-hydrogen) atoms. The molecule has 122 valence electrons. The molecule has 0 radical (unpaired) electrons. The van der Waals surface area contributed by atoms with Crippen LogP contribution in [0.15, 0.2) is 60.9 Å². The van der Waals surface area contributed by atoms with Crippen LogP contribution in [0.2, 0.25) is 0 Å². The second-order valence-corrected chi connectivity index (χ2v) is 5.00. The van der Waals surface area contributed by atoms with Crippen LogP contribution in [0.4, 0.5) is 4.39 Å². The molecular weight excluding hydrogens is 311 g/mol. The van der Waals surface area contributed by atoms with E-state index in [0.29, 0.717) is 6.54 Å². The predicted molar refractivity (Wildman–Crippen MR) is 85.1 cm³/mol. The molecule has 0 unspecified atom stereocenters. The van der Waals surface area contributed by atoms with Crippen LogP contribution in [0.3, 0.4) is 0 Å². The van der Waals surface area contributed by atoms with E-state index in [-0.39, 0.29) is 24.3 Å². The number of carbonyl (C=O) groups is 1. The van der Waals surface area contributed by atoms with E-state index in [1.54, 1.807) is 16.8 Å². The molecule has 3 rings (SSSR count). The molecule has 6 nitrogen and oxygen atoms in total. The Hall–Kier alpha value is -3.22. The Bertz CT molecular complexity index is 803. The first-order valence-electron chi connectivity index (χ1n) is 7.32. The summed E-state index contributed by atoms with van der Waals surface area (Å²) < 4.78 is 19.6. The number of nitrogens with one attached hydrogen (secondary N) is 1. The maximum Gasteiger partial charge on any atom is 0.336 e. The minimum Gasteiger partial charge on any atom is -0.452 e. The highest BCUT2D eigenvalue weighted by Gasteiger charge is 2.07. The highest BCUT2D eigenvalue weighted by Crippen LogP contribution is 2.08. The van der Waals surface area contributed by atoms with Gasteiger partial charge in [-0.1, -0.05) is 30.3 Å². The minimum atomic E-state index is -0.312. The Morgan fingerprint density at radius 1 is 1.12 bits per heavy atom. The number of rotatable bonds is 6. The third-order valence-corrected chi connectivity index (χ3v) is 3.23. The highest BCUT2D eigenvalue weighted by molar-refractivity contribution is 5.77. The Balaban J connectivity index is 1.48. The van der Waals surface area contributed by atoms with Gasteiger partial charge in [-0.15, -0.1) is 5.10 Å². The van der Waals surface area contributed by atoms with Crippen molar-refractivity contribution < 1.29 is 13.9 Å². The lowest BCUT2D eigenvalue weighted by atomic mass is 10.2. The summed E-state index contributed by atoms with van der Waals surface area (Å²) in [5.41, 5.74) is 1.65. The van der Waals surface area contributed by atoms with E-state index in [0.717, 1.165) is 11.3 Å². The molecule has 0 aliphatic carbocycles. The van der Waals surface area contributed by atoms with E-state index in [4.69, 9.17) is 4.74 Å². The van der Waals surface area contributed by atoms with Crippen molar-refractivity contribution in [2.75, 3.05) is 6.61 Å². The lowest BCUT2D eigenvalue weighted by Gasteiger charge is -2.05. The Kier molecular flexibility index (Phi) is 4.81. The summed E-state index contributed by atoms with van der Waals surface area (Å²) in [6.45, 7) is 0.106. The number of benzene rings is 2. The Labute approximate surface area is 137 Å². The van der Waals surface area contributed by atoms with Crippen LogP contribution in [0, 0.1) is 5.82 Å². The van der Waals surface area contributed by atoms with Crippen LogP contribution in [-0.2, 0) is 11.3 Å². The number of hydrogen-bond acceptors (Lipinski definition) is 4. The normalized spacial score (nSPS) is 10.4. The standard InChI is InChI=1S/C17H15FN4O2/c18-14-8-6-13(7-9-14)10-19-16(23)11-24-17-20-12-22(21-17)15-4-2-1-3-5-15/h1-9,12H,10-11H2,(H,19,23). The van der Waals surface area contributed by atoms with E-state index < -0.39 is 0 Å². The first kappa shape index (κ1) is 15.7. The van der Waals surface area contributed by atoms with Gasteiger partial charge in [0.05, 0.1) is 5.69 Å². The summed E-state index contributed by atoms with van der Waals surface area (Å²) in [6.07, 6.45) is 1.51. The van der Waals surface area contributed by atoms with Crippen LogP contribution in [-0.4, -0.2) is 27.3 Å². The predicted octanol–water partition coefficient (Wildman–Crippen LogP) is 2.10. The summed E-state index contributed by atoms with van der Waals surface area (Å²) in [5, 5.41) is 6.82. The van der Waals surface area contributed by atoms with E-state index in [2.05, 4.69) is 15.4 Å². The van der Waals surface area contributed by atoms with Crippen molar-refractivity contribution in [2.45, 2.75) is 6.54 Å². The fourth-order valence-corrected chi connectivity index (χ4v) is 2.00. The minimum absolute atomic E-state index is 0.121. The molecule has 0 fully saturated rings. The molecule has 0 saturated heterocycles. The van der Waals surface area contributed by atoms with Gasteiger partial charge in [-0.05, 0) is 29.8 Å². The van der Waals surface area contributed by atoms with Gasteiger partial charge in [0.25, 0.3) is 5.91 Å². The van der Waals surface area contributed by atoms with E-state index in [1.807, 2.05) is 30.3 Å². The van der Waals surface area contributed by atoms with Gasteiger partial charge in [0.1, 0.15) is 12.1 Å². The molecule has 0 bridgehead atoms. The van der Waals surface area contributed by atoms with Crippen molar-refractivity contribution in [3.8, 4) is 11.7 Å². The highest BCUT2D eigenvalue weighted by atomic mass is 19.1. The average Bonchev–Trinajstić information content (AvgIpc) is 3.09. The zero-order chi connectivity index (χ0) is 16.8. The fraction of sp³-hybridized carbons (Fsp3) is 0.118. The summed E-state index contributed by atoms with van der Waals surface area (Å²) >= 11 is 0. The van der Waals surface area contributed by atoms with Crippen LogP contribution in [0.5, 0.6) is 6.01 Å². The Morgan fingerprint density at radius 3 is 2.62 bits per heavy atom. The van der Waals surface area contributed by atoms with Gasteiger partial charge in [0.15, 0.2) is 6.61 Å². The third kappa shape index (κ3) is 4.16. The van der Waals surface area contributed by atoms with Gasteiger partial charge >= 0.3 is 6.01 Å². The zero-order valence-electron chi connectivity index (χ0n) is 12.7. The summed E-state index contributed by atoms with van der Waals surface area (Å²) in [6, 6.07) is 15.5. The number of carbonyl (C=O) groups excluding carboxylic acids is 1. The molecule has 0 aliphatic rings.